The van der Waals surface area contributed by atoms with E-state index in [1.165, 1.54) is 0 Å². The van der Waals surface area contributed by atoms with E-state index in [4.69, 9.17) is 5.73 Å². The molecule has 0 aliphatic carbocycles. The molecule has 0 aromatic heterocycles. The van der Waals surface area contributed by atoms with E-state index in [1.807, 2.05) is 0 Å². The Morgan fingerprint density at radius 1 is 1.00 bits per heavy atom. The standard InChI is InChI=1S/C18H12N2O5/c19-17(21)16-12-4-2-1-3-10(12)5-7-13(16)15-9-11(20(24)25)6-8-14(15)18(22)23/h1-9H,(H2,19,21)(H,22,23). The van der Waals surface area contributed by atoms with Crippen molar-refractivity contribution in [1.29, 1.82) is 0 Å². The first-order valence-electron chi connectivity index (χ1n) is 7.24. The quantitative estimate of drug-likeness (QED) is 0.559. The first-order valence-corrected chi connectivity index (χ1v) is 7.24. The fourth-order valence-corrected chi connectivity index (χ4v) is 2.82. The maximum Gasteiger partial charge on any atom is 0.336 e. The van der Waals surface area contributed by atoms with Crippen LogP contribution in [0.4, 0.5) is 5.69 Å². The second-order valence-electron chi connectivity index (χ2n) is 5.37. The van der Waals surface area contributed by atoms with Gasteiger partial charge in [0.25, 0.3) is 5.69 Å². The third-order valence-electron chi connectivity index (χ3n) is 3.91. The minimum Gasteiger partial charge on any atom is -0.478 e. The number of nitrogens with two attached hydrogens (primary N) is 1. The Kier molecular flexibility index (Phi) is 3.90. The van der Waals surface area contributed by atoms with Gasteiger partial charge < -0.3 is 10.8 Å². The van der Waals surface area contributed by atoms with Gasteiger partial charge in [-0.2, -0.15) is 0 Å². The average molecular weight is 336 g/mol. The van der Waals surface area contributed by atoms with E-state index in [2.05, 4.69) is 0 Å². The van der Waals surface area contributed by atoms with Crippen LogP contribution in [0, 0.1) is 10.1 Å². The van der Waals surface area contributed by atoms with Gasteiger partial charge in [0.1, 0.15) is 0 Å². The number of carbonyl (C=O) groups excluding carboxylic acids is 1. The number of benzene rings is 3. The molecule has 25 heavy (non-hydrogen) atoms. The molecule has 0 spiro atoms. The summed E-state index contributed by atoms with van der Waals surface area (Å²) in [4.78, 5) is 34.0. The maximum absolute atomic E-state index is 12.0. The van der Waals surface area contributed by atoms with Gasteiger partial charge in [-0.1, -0.05) is 36.4 Å². The van der Waals surface area contributed by atoms with Crippen LogP contribution in [0.2, 0.25) is 0 Å². The maximum atomic E-state index is 12.0. The van der Waals surface area contributed by atoms with E-state index in [9.17, 15) is 24.8 Å². The molecule has 0 aliphatic heterocycles. The highest BCUT2D eigenvalue weighted by Gasteiger charge is 2.21. The molecule has 1 amide bonds. The lowest BCUT2D eigenvalue weighted by Gasteiger charge is -2.13. The molecule has 3 aromatic carbocycles. The van der Waals surface area contributed by atoms with Crippen LogP contribution in [-0.4, -0.2) is 21.9 Å². The number of nitrogens with zero attached hydrogens (tertiary/aromatic N) is 1. The Morgan fingerprint density at radius 2 is 1.72 bits per heavy atom. The number of hydrogen-bond donors (Lipinski definition) is 2. The van der Waals surface area contributed by atoms with E-state index in [1.54, 1.807) is 36.4 Å². The van der Waals surface area contributed by atoms with E-state index < -0.39 is 16.8 Å². The van der Waals surface area contributed by atoms with Gasteiger partial charge in [0.05, 0.1) is 16.1 Å². The van der Waals surface area contributed by atoms with E-state index in [0.29, 0.717) is 5.39 Å². The molecule has 0 saturated heterocycles. The zero-order chi connectivity index (χ0) is 18.1. The van der Waals surface area contributed by atoms with Crippen molar-refractivity contribution in [3.8, 4) is 11.1 Å². The largest absolute Gasteiger partial charge is 0.478 e. The van der Waals surface area contributed by atoms with Crippen LogP contribution in [0.5, 0.6) is 0 Å². The highest BCUT2D eigenvalue weighted by molar-refractivity contribution is 6.13. The van der Waals surface area contributed by atoms with Crippen molar-refractivity contribution in [2.75, 3.05) is 0 Å². The molecule has 7 nitrogen and oxygen atoms in total. The van der Waals surface area contributed by atoms with Crippen LogP contribution in [0.25, 0.3) is 21.9 Å². The highest BCUT2D eigenvalue weighted by atomic mass is 16.6. The summed E-state index contributed by atoms with van der Waals surface area (Å²) in [7, 11) is 0. The first kappa shape index (κ1) is 16.1. The van der Waals surface area contributed by atoms with Gasteiger partial charge >= 0.3 is 5.97 Å². The summed E-state index contributed by atoms with van der Waals surface area (Å²) in [6, 6.07) is 13.7. The topological polar surface area (TPSA) is 124 Å². The highest BCUT2D eigenvalue weighted by Crippen LogP contribution is 2.34. The van der Waals surface area contributed by atoms with E-state index >= 15 is 0 Å². The number of non-ortho nitro benzene ring substituents is 1. The predicted octanol–water partition coefficient (Wildman–Crippen LogP) is 3.21. The fourth-order valence-electron chi connectivity index (χ4n) is 2.82. The molecule has 0 heterocycles. The monoisotopic (exact) mass is 336 g/mol. The molecule has 0 radical (unpaired) electrons. The van der Waals surface area contributed by atoms with Crippen LogP contribution in [0.15, 0.2) is 54.6 Å². The smallest absolute Gasteiger partial charge is 0.336 e. The van der Waals surface area contributed by atoms with E-state index in [-0.39, 0.29) is 27.9 Å². The summed E-state index contributed by atoms with van der Waals surface area (Å²) in [5.74, 6) is -2.00. The van der Waals surface area contributed by atoms with Gasteiger partial charge in [-0.3, -0.25) is 14.9 Å². The summed E-state index contributed by atoms with van der Waals surface area (Å²) >= 11 is 0. The molecule has 0 aliphatic rings. The van der Waals surface area contributed by atoms with Crippen molar-refractivity contribution < 1.29 is 19.6 Å². The Bertz CT molecular complexity index is 1040. The number of nitro groups is 1. The number of hydrogen-bond acceptors (Lipinski definition) is 4. The molecular formula is C18H12N2O5. The molecule has 0 unspecified atom stereocenters. The van der Waals surface area contributed by atoms with Gasteiger partial charge in [-0.05, 0) is 22.4 Å². The molecule has 0 atom stereocenters. The van der Waals surface area contributed by atoms with Crippen LogP contribution in [0.3, 0.4) is 0 Å². The number of nitro benzene ring substituents is 1. The fraction of sp³-hybridized carbons (Fsp3) is 0. The summed E-state index contributed by atoms with van der Waals surface area (Å²) in [6.45, 7) is 0. The Balaban J connectivity index is 2.42. The van der Waals surface area contributed by atoms with Crippen molar-refractivity contribution in [2.45, 2.75) is 0 Å². The molecule has 124 valence electrons. The molecule has 3 aromatic rings. The number of fused-ring (bicyclic) bond motifs is 1. The van der Waals surface area contributed by atoms with Gasteiger partial charge in [0.2, 0.25) is 5.91 Å². The van der Waals surface area contributed by atoms with Crippen molar-refractivity contribution in [1.82, 2.24) is 0 Å². The number of aromatic carboxylic acids is 1. The zero-order valence-electron chi connectivity index (χ0n) is 12.8. The lowest BCUT2D eigenvalue weighted by molar-refractivity contribution is -0.384. The SMILES string of the molecule is NC(=O)c1c(-c2cc([N+](=O)[O-])ccc2C(=O)O)ccc2ccccc12. The van der Waals surface area contributed by atoms with Gasteiger partial charge in [0, 0.05) is 17.7 Å². The molecule has 0 saturated carbocycles. The van der Waals surface area contributed by atoms with Crippen LogP contribution in [0.1, 0.15) is 20.7 Å². The molecule has 3 rings (SSSR count). The van der Waals surface area contributed by atoms with Gasteiger partial charge in [-0.15, -0.1) is 0 Å². The minimum atomic E-state index is -1.26. The summed E-state index contributed by atoms with van der Waals surface area (Å²) < 4.78 is 0. The Hall–Kier alpha value is -3.74. The van der Waals surface area contributed by atoms with Crippen molar-refractivity contribution in [2.24, 2.45) is 5.73 Å². The summed E-state index contributed by atoms with van der Waals surface area (Å²) in [5.41, 5.74) is 5.54. The Labute approximate surface area is 141 Å². The molecule has 3 N–H and O–H groups in total. The van der Waals surface area contributed by atoms with Crippen LogP contribution >= 0.6 is 0 Å². The Morgan fingerprint density at radius 3 is 2.36 bits per heavy atom. The number of carbonyl (C=O) groups is 2. The van der Waals surface area contributed by atoms with Crippen LogP contribution in [-0.2, 0) is 0 Å². The van der Waals surface area contributed by atoms with E-state index in [0.717, 1.165) is 23.6 Å². The van der Waals surface area contributed by atoms with Crippen molar-refractivity contribution >= 4 is 28.3 Å². The molecule has 0 fully saturated rings. The van der Waals surface area contributed by atoms with Crippen LogP contribution < -0.4 is 5.73 Å². The van der Waals surface area contributed by atoms with Gasteiger partial charge in [-0.25, -0.2) is 4.79 Å². The number of rotatable bonds is 4. The summed E-state index contributed by atoms with van der Waals surface area (Å²) in [5, 5.41) is 21.8. The second-order valence-corrected chi connectivity index (χ2v) is 5.37. The third kappa shape index (κ3) is 2.78. The average Bonchev–Trinajstić information content (AvgIpc) is 2.59. The number of amides is 1. The lowest BCUT2D eigenvalue weighted by atomic mass is 9.91. The minimum absolute atomic E-state index is 0.0706. The number of carboxylic acid groups (broad SMARTS) is 1. The van der Waals surface area contributed by atoms with Crippen molar-refractivity contribution in [3.63, 3.8) is 0 Å². The molecule has 7 heteroatoms. The molecule has 0 bridgehead atoms. The number of carboxylic acids is 1. The second kappa shape index (κ2) is 6.04. The summed E-state index contributed by atoms with van der Waals surface area (Å²) in [6.07, 6.45) is 0. The first-order chi connectivity index (χ1) is 11.9. The lowest BCUT2D eigenvalue weighted by Crippen LogP contribution is -2.14. The predicted molar refractivity (Wildman–Crippen MR) is 91.5 cm³/mol. The van der Waals surface area contributed by atoms with Crippen molar-refractivity contribution in [3.05, 3.63) is 75.8 Å². The third-order valence-corrected chi connectivity index (χ3v) is 3.91. The zero-order valence-corrected chi connectivity index (χ0v) is 12.8. The molecular weight excluding hydrogens is 324 g/mol. The normalized spacial score (nSPS) is 10.6. The van der Waals surface area contributed by atoms with Gasteiger partial charge in [0.15, 0.2) is 0 Å². The number of primary amides is 1.